The van der Waals surface area contributed by atoms with Gasteiger partial charge in [-0.1, -0.05) is 31.6 Å². The van der Waals surface area contributed by atoms with Crippen LogP contribution in [0.3, 0.4) is 0 Å². The number of carbonyl (C=O) groups excluding carboxylic acids is 2. The van der Waals surface area contributed by atoms with Crippen molar-refractivity contribution in [3.63, 3.8) is 0 Å². The lowest BCUT2D eigenvalue weighted by Gasteiger charge is -2.57. The first-order valence-electron chi connectivity index (χ1n) is 10.6. The van der Waals surface area contributed by atoms with Gasteiger partial charge in [0.05, 0.1) is 0 Å². The van der Waals surface area contributed by atoms with E-state index in [1.807, 2.05) is 0 Å². The van der Waals surface area contributed by atoms with E-state index in [2.05, 4.69) is 31.3 Å². The maximum Gasteiger partial charge on any atom is 0.302 e. The van der Waals surface area contributed by atoms with Crippen LogP contribution >= 0.6 is 0 Å². The van der Waals surface area contributed by atoms with Gasteiger partial charge >= 0.3 is 5.97 Å². The molecular formula is C23H33NO3. The van der Waals surface area contributed by atoms with E-state index in [1.165, 1.54) is 18.9 Å². The molecule has 0 saturated heterocycles. The fraction of sp³-hybridized carbons (Fsp3) is 0.739. The predicted octanol–water partition coefficient (Wildman–Crippen LogP) is 4.51. The Morgan fingerprint density at radius 1 is 1.04 bits per heavy atom. The van der Waals surface area contributed by atoms with E-state index in [0.29, 0.717) is 17.8 Å². The van der Waals surface area contributed by atoms with Gasteiger partial charge in [0.2, 0.25) is 5.91 Å². The molecule has 2 fully saturated rings. The monoisotopic (exact) mass is 371 g/mol. The first-order chi connectivity index (χ1) is 12.7. The third kappa shape index (κ3) is 2.96. The number of rotatable bonds is 2. The minimum Gasteiger partial charge on any atom is -0.462 e. The van der Waals surface area contributed by atoms with Crippen LogP contribution in [-0.2, 0) is 14.3 Å². The largest absolute Gasteiger partial charge is 0.462 e. The zero-order valence-electron chi connectivity index (χ0n) is 17.1. The molecule has 0 aromatic rings. The Balaban J connectivity index is 1.56. The summed E-state index contributed by atoms with van der Waals surface area (Å²) in [4.78, 5) is 23.0. The highest BCUT2D eigenvalue weighted by molar-refractivity contribution is 5.75. The average molecular weight is 372 g/mol. The summed E-state index contributed by atoms with van der Waals surface area (Å²) in [6.45, 7) is 7.95. The van der Waals surface area contributed by atoms with Gasteiger partial charge < -0.3 is 10.1 Å². The van der Waals surface area contributed by atoms with Crippen LogP contribution in [0.15, 0.2) is 23.4 Å². The van der Waals surface area contributed by atoms with E-state index in [4.69, 9.17) is 4.74 Å². The van der Waals surface area contributed by atoms with E-state index in [1.54, 1.807) is 6.92 Å². The minimum atomic E-state index is -0.158. The fourth-order valence-electron chi connectivity index (χ4n) is 6.91. The number of amides is 1. The van der Waals surface area contributed by atoms with Gasteiger partial charge in [0.1, 0.15) is 6.10 Å². The van der Waals surface area contributed by atoms with Gasteiger partial charge in [-0.2, -0.15) is 0 Å². The number of ether oxygens (including phenoxy) is 1. The molecule has 0 bridgehead atoms. The number of esters is 1. The zero-order valence-corrected chi connectivity index (χ0v) is 17.1. The van der Waals surface area contributed by atoms with Crippen LogP contribution < -0.4 is 5.32 Å². The smallest absolute Gasteiger partial charge is 0.302 e. The van der Waals surface area contributed by atoms with Crippen LogP contribution in [0.2, 0.25) is 0 Å². The number of fused-ring (bicyclic) bond motifs is 5. The van der Waals surface area contributed by atoms with Crippen LogP contribution in [-0.4, -0.2) is 18.0 Å². The number of hydrogen-bond acceptors (Lipinski definition) is 3. The minimum absolute atomic E-state index is 0.0480. The van der Waals surface area contributed by atoms with E-state index in [0.717, 1.165) is 44.2 Å². The summed E-state index contributed by atoms with van der Waals surface area (Å²) in [5.74, 6) is 1.91. The first-order valence-corrected chi connectivity index (χ1v) is 10.6. The molecule has 4 rings (SSSR count). The second kappa shape index (κ2) is 6.49. The highest BCUT2D eigenvalue weighted by atomic mass is 16.5. The lowest BCUT2D eigenvalue weighted by molar-refractivity contribution is -0.148. The second-order valence-electron chi connectivity index (χ2n) is 9.72. The van der Waals surface area contributed by atoms with Crippen molar-refractivity contribution in [2.45, 2.75) is 78.7 Å². The van der Waals surface area contributed by atoms with E-state index in [9.17, 15) is 9.59 Å². The molecule has 0 aromatic heterocycles. The summed E-state index contributed by atoms with van der Waals surface area (Å²) in [6.07, 6.45) is 12.4. The number of allylic oxidation sites excluding steroid dienone is 3. The Labute approximate surface area is 162 Å². The molecule has 0 spiro atoms. The van der Waals surface area contributed by atoms with Crippen LogP contribution in [0.1, 0.15) is 72.6 Å². The standard InChI is InChI=1S/C23H33NO3/c1-14(25)24-21-8-7-19-18-6-5-16-13-17(27-15(2)26)9-11-22(16,3)20(18)10-12-23(19,21)4/h5,8,17-20H,6-7,9-13H2,1-4H3,(H,24,25)/t17-,18-,19-,20-,22-,23-/m0/s1. The van der Waals surface area contributed by atoms with E-state index in [-0.39, 0.29) is 28.8 Å². The molecule has 4 heteroatoms. The molecule has 0 aromatic carbocycles. The number of carbonyl (C=O) groups is 2. The van der Waals surface area contributed by atoms with Crippen LogP contribution in [0.5, 0.6) is 0 Å². The molecule has 4 nitrogen and oxygen atoms in total. The van der Waals surface area contributed by atoms with Crippen LogP contribution in [0.25, 0.3) is 0 Å². The molecule has 4 aliphatic carbocycles. The van der Waals surface area contributed by atoms with E-state index < -0.39 is 0 Å². The molecule has 27 heavy (non-hydrogen) atoms. The normalized spacial score (nSPS) is 42.8. The highest BCUT2D eigenvalue weighted by Gasteiger charge is 2.57. The summed E-state index contributed by atoms with van der Waals surface area (Å²) in [6, 6.07) is 0. The van der Waals surface area contributed by atoms with Gasteiger partial charge in [-0.25, -0.2) is 0 Å². The van der Waals surface area contributed by atoms with Gasteiger partial charge in [0.25, 0.3) is 0 Å². The molecule has 0 heterocycles. The summed E-state index contributed by atoms with van der Waals surface area (Å²) < 4.78 is 5.53. The van der Waals surface area contributed by atoms with Crippen molar-refractivity contribution in [1.29, 1.82) is 0 Å². The molecule has 2 saturated carbocycles. The van der Waals surface area contributed by atoms with Crippen molar-refractivity contribution in [3.05, 3.63) is 23.4 Å². The molecule has 0 radical (unpaired) electrons. The van der Waals surface area contributed by atoms with Crippen molar-refractivity contribution < 1.29 is 14.3 Å². The Bertz CT molecular complexity index is 723. The highest BCUT2D eigenvalue weighted by Crippen LogP contribution is 2.64. The first kappa shape index (κ1) is 18.8. The fourth-order valence-corrected chi connectivity index (χ4v) is 6.91. The number of hydrogen-bond donors (Lipinski definition) is 1. The lowest BCUT2D eigenvalue weighted by Crippen LogP contribution is -2.51. The van der Waals surface area contributed by atoms with Crippen molar-refractivity contribution in [2.24, 2.45) is 28.6 Å². The van der Waals surface area contributed by atoms with Gasteiger partial charge in [-0.15, -0.1) is 0 Å². The topological polar surface area (TPSA) is 55.4 Å². The van der Waals surface area contributed by atoms with Crippen LogP contribution in [0.4, 0.5) is 0 Å². The third-order valence-corrected chi connectivity index (χ3v) is 8.28. The van der Waals surface area contributed by atoms with E-state index >= 15 is 0 Å². The molecular weight excluding hydrogens is 338 g/mol. The van der Waals surface area contributed by atoms with Crippen molar-refractivity contribution >= 4 is 11.9 Å². The van der Waals surface area contributed by atoms with Gasteiger partial charge in [0.15, 0.2) is 0 Å². The van der Waals surface area contributed by atoms with Crippen molar-refractivity contribution in [1.82, 2.24) is 5.32 Å². The summed E-state index contributed by atoms with van der Waals surface area (Å²) in [5.41, 5.74) is 3.05. The van der Waals surface area contributed by atoms with Crippen molar-refractivity contribution in [2.75, 3.05) is 0 Å². The molecule has 1 amide bonds. The Kier molecular flexibility index (Phi) is 4.51. The molecule has 148 valence electrons. The van der Waals surface area contributed by atoms with Crippen molar-refractivity contribution in [3.8, 4) is 0 Å². The summed E-state index contributed by atoms with van der Waals surface area (Å²) >= 11 is 0. The molecule has 0 unspecified atom stereocenters. The second-order valence-corrected chi connectivity index (χ2v) is 9.72. The summed E-state index contributed by atoms with van der Waals surface area (Å²) in [7, 11) is 0. The Morgan fingerprint density at radius 3 is 2.48 bits per heavy atom. The Hall–Kier alpha value is -1.58. The predicted molar refractivity (Wildman–Crippen MR) is 105 cm³/mol. The third-order valence-electron chi connectivity index (χ3n) is 8.28. The maximum absolute atomic E-state index is 11.6. The summed E-state index contributed by atoms with van der Waals surface area (Å²) in [5, 5.41) is 3.13. The van der Waals surface area contributed by atoms with Gasteiger partial charge in [-0.05, 0) is 61.7 Å². The Morgan fingerprint density at radius 2 is 1.78 bits per heavy atom. The number of nitrogens with one attached hydrogen (secondary N) is 1. The lowest BCUT2D eigenvalue weighted by atomic mass is 9.48. The average Bonchev–Trinajstić information content (AvgIpc) is 2.91. The van der Waals surface area contributed by atoms with Crippen LogP contribution in [0, 0.1) is 28.6 Å². The zero-order chi connectivity index (χ0) is 19.4. The molecule has 0 aliphatic heterocycles. The molecule has 4 aliphatic rings. The maximum atomic E-state index is 11.6. The molecule has 6 atom stereocenters. The quantitative estimate of drug-likeness (QED) is 0.574. The SMILES string of the molecule is CC(=O)NC1=CC[C@H]2[C@@H]3CC=C4C[C@@H](OC(C)=O)CC[C@]4(C)[C@H]3CC[C@]12C. The van der Waals surface area contributed by atoms with Gasteiger partial charge in [0, 0.05) is 31.4 Å². The molecule has 1 N–H and O–H groups in total. The van der Waals surface area contributed by atoms with Gasteiger partial charge in [-0.3, -0.25) is 9.59 Å².